The Labute approximate surface area is 102 Å². The molecule has 3 heteroatoms. The number of aryl methyl sites for hydroxylation is 1. The third kappa shape index (κ3) is 2.37. The van der Waals surface area contributed by atoms with Crippen molar-refractivity contribution in [2.75, 3.05) is 7.11 Å². The van der Waals surface area contributed by atoms with E-state index in [0.717, 1.165) is 18.6 Å². The van der Waals surface area contributed by atoms with E-state index in [-0.39, 0.29) is 12.1 Å². The summed E-state index contributed by atoms with van der Waals surface area (Å²) < 4.78 is 5.24. The first-order chi connectivity index (χ1) is 8.26. The summed E-state index contributed by atoms with van der Waals surface area (Å²) >= 11 is 0. The number of nitrogens with two attached hydrogens (primary N) is 1. The zero-order valence-electron chi connectivity index (χ0n) is 10.3. The normalized spacial score (nSPS) is 22.1. The minimum atomic E-state index is -0.0188. The minimum Gasteiger partial charge on any atom is -0.497 e. The van der Waals surface area contributed by atoms with Gasteiger partial charge in [-0.3, -0.25) is 0 Å². The van der Waals surface area contributed by atoms with Crippen LogP contribution in [-0.4, -0.2) is 13.2 Å². The number of fused-ring (bicyclic) bond motifs is 1. The van der Waals surface area contributed by atoms with Gasteiger partial charge in [-0.05, 0) is 43.0 Å². The maximum atomic E-state index is 6.27. The van der Waals surface area contributed by atoms with E-state index in [4.69, 9.17) is 10.5 Å². The van der Waals surface area contributed by atoms with Crippen LogP contribution in [0, 0.1) is 12.0 Å². The van der Waals surface area contributed by atoms with E-state index in [1.165, 1.54) is 11.1 Å². The van der Waals surface area contributed by atoms with Crippen molar-refractivity contribution in [1.82, 2.24) is 5.32 Å². The molecule has 0 amide bonds. The van der Waals surface area contributed by atoms with Crippen LogP contribution >= 0.6 is 0 Å². The topological polar surface area (TPSA) is 47.3 Å². The third-order valence-corrected chi connectivity index (χ3v) is 3.25. The predicted molar refractivity (Wildman–Crippen MR) is 68.6 cm³/mol. The summed E-state index contributed by atoms with van der Waals surface area (Å²) in [4.78, 5) is 0. The van der Waals surface area contributed by atoms with Gasteiger partial charge in [0.15, 0.2) is 0 Å². The van der Waals surface area contributed by atoms with Crippen molar-refractivity contribution in [1.29, 1.82) is 0 Å². The summed E-state index contributed by atoms with van der Waals surface area (Å²) in [5.74, 6) is 3.70. The van der Waals surface area contributed by atoms with Gasteiger partial charge in [-0.2, -0.15) is 0 Å². The van der Waals surface area contributed by atoms with Gasteiger partial charge in [-0.15, -0.1) is 0 Å². The van der Waals surface area contributed by atoms with Gasteiger partial charge < -0.3 is 15.8 Å². The van der Waals surface area contributed by atoms with E-state index in [2.05, 4.69) is 23.3 Å². The van der Waals surface area contributed by atoms with Crippen LogP contribution < -0.4 is 15.8 Å². The van der Waals surface area contributed by atoms with Crippen LogP contribution in [0.3, 0.4) is 0 Å². The van der Waals surface area contributed by atoms with Crippen LogP contribution in [0.5, 0.6) is 5.75 Å². The highest BCUT2D eigenvalue weighted by Gasteiger charge is 2.26. The molecule has 0 bridgehead atoms. The van der Waals surface area contributed by atoms with E-state index in [9.17, 15) is 0 Å². The second kappa shape index (κ2) is 5.11. The van der Waals surface area contributed by atoms with Crippen LogP contribution in [0.15, 0.2) is 18.2 Å². The van der Waals surface area contributed by atoms with Crippen molar-refractivity contribution >= 4 is 0 Å². The van der Waals surface area contributed by atoms with Gasteiger partial charge in [0.1, 0.15) is 5.75 Å². The van der Waals surface area contributed by atoms with Crippen LogP contribution in [0.25, 0.3) is 0 Å². The molecule has 0 saturated heterocycles. The number of rotatable bonds is 2. The van der Waals surface area contributed by atoms with E-state index in [1.807, 2.05) is 19.1 Å². The Morgan fingerprint density at radius 2 is 2.29 bits per heavy atom. The zero-order chi connectivity index (χ0) is 12.3. The molecule has 90 valence electrons. The molecule has 2 unspecified atom stereocenters. The fourth-order valence-corrected chi connectivity index (χ4v) is 2.27. The smallest absolute Gasteiger partial charge is 0.119 e. The van der Waals surface area contributed by atoms with Gasteiger partial charge in [0.25, 0.3) is 0 Å². The molecule has 1 aliphatic carbocycles. The maximum absolute atomic E-state index is 6.27. The molecular formula is C14H18N2O. The molecule has 3 nitrogen and oxygen atoms in total. The monoisotopic (exact) mass is 230 g/mol. The lowest BCUT2D eigenvalue weighted by molar-refractivity contribution is 0.406. The largest absolute Gasteiger partial charge is 0.497 e. The third-order valence-electron chi connectivity index (χ3n) is 3.25. The minimum absolute atomic E-state index is 0.0188. The molecule has 17 heavy (non-hydrogen) atoms. The molecule has 0 heterocycles. The summed E-state index contributed by atoms with van der Waals surface area (Å²) in [7, 11) is 1.67. The first-order valence-corrected chi connectivity index (χ1v) is 5.86. The van der Waals surface area contributed by atoms with E-state index in [1.54, 1.807) is 7.11 Å². The molecule has 3 N–H and O–H groups in total. The maximum Gasteiger partial charge on any atom is 0.119 e. The Kier molecular flexibility index (Phi) is 3.55. The molecule has 2 rings (SSSR count). The van der Waals surface area contributed by atoms with Gasteiger partial charge >= 0.3 is 0 Å². The molecular weight excluding hydrogens is 212 g/mol. The summed E-state index contributed by atoms with van der Waals surface area (Å²) in [6, 6.07) is 9.23. The molecule has 0 aliphatic heterocycles. The zero-order valence-corrected chi connectivity index (χ0v) is 10.3. The number of hydrogen-bond acceptors (Lipinski definition) is 3. The Hall–Kier alpha value is -1.66. The SMILES string of the molecule is CC#CNC1CCc2ccc(OC)cc2C1N. The summed E-state index contributed by atoms with van der Waals surface area (Å²) in [5.41, 5.74) is 8.76. The highest BCUT2D eigenvalue weighted by atomic mass is 16.5. The average molecular weight is 230 g/mol. The van der Waals surface area contributed by atoms with Crippen molar-refractivity contribution < 1.29 is 4.74 Å². The van der Waals surface area contributed by atoms with Crippen molar-refractivity contribution in [2.45, 2.75) is 31.8 Å². The van der Waals surface area contributed by atoms with E-state index < -0.39 is 0 Å². The lowest BCUT2D eigenvalue weighted by Crippen LogP contribution is -2.40. The molecule has 0 radical (unpaired) electrons. The van der Waals surface area contributed by atoms with Crippen molar-refractivity contribution in [3.05, 3.63) is 29.3 Å². The number of ether oxygens (including phenoxy) is 1. The predicted octanol–water partition coefficient (Wildman–Crippen LogP) is 1.58. The lowest BCUT2D eigenvalue weighted by Gasteiger charge is -2.30. The van der Waals surface area contributed by atoms with Crippen LogP contribution in [0.4, 0.5) is 0 Å². The molecule has 1 aliphatic rings. The van der Waals surface area contributed by atoms with Gasteiger partial charge in [0, 0.05) is 6.04 Å². The quantitative estimate of drug-likeness (QED) is 0.599. The Morgan fingerprint density at radius 3 is 3.00 bits per heavy atom. The van der Waals surface area contributed by atoms with Crippen LogP contribution in [0.2, 0.25) is 0 Å². The number of nitrogens with one attached hydrogen (secondary N) is 1. The van der Waals surface area contributed by atoms with Gasteiger partial charge in [-0.25, -0.2) is 0 Å². The average Bonchev–Trinajstić information content (AvgIpc) is 2.38. The fraction of sp³-hybridized carbons (Fsp3) is 0.429. The number of methoxy groups -OCH3 is 1. The Balaban J connectivity index is 2.25. The molecule has 2 atom stereocenters. The molecule has 0 spiro atoms. The first-order valence-electron chi connectivity index (χ1n) is 5.86. The Bertz CT molecular complexity index is 459. The van der Waals surface area contributed by atoms with Crippen molar-refractivity contribution in [3.63, 3.8) is 0 Å². The lowest BCUT2D eigenvalue weighted by atomic mass is 9.84. The second-order valence-electron chi connectivity index (χ2n) is 4.26. The number of hydrogen-bond donors (Lipinski definition) is 2. The van der Waals surface area contributed by atoms with Crippen molar-refractivity contribution in [3.8, 4) is 17.7 Å². The highest BCUT2D eigenvalue weighted by molar-refractivity contribution is 5.40. The standard InChI is InChI=1S/C14H18N2O/c1-3-8-16-13-7-5-10-4-6-11(17-2)9-12(10)14(13)15/h4,6,9,13-14,16H,5,7,15H2,1-2H3. The van der Waals surface area contributed by atoms with E-state index in [0.29, 0.717) is 0 Å². The van der Waals surface area contributed by atoms with Gasteiger partial charge in [-0.1, -0.05) is 12.0 Å². The molecule has 1 aromatic rings. The second-order valence-corrected chi connectivity index (χ2v) is 4.26. The van der Waals surface area contributed by atoms with Crippen LogP contribution in [0.1, 0.15) is 30.5 Å². The Morgan fingerprint density at radius 1 is 1.47 bits per heavy atom. The fourth-order valence-electron chi connectivity index (χ4n) is 2.27. The molecule has 1 aromatic carbocycles. The summed E-state index contributed by atoms with van der Waals surface area (Å²) in [6.07, 6.45) is 2.06. The van der Waals surface area contributed by atoms with E-state index >= 15 is 0 Å². The summed E-state index contributed by atoms with van der Waals surface area (Å²) in [6.45, 7) is 1.82. The molecule has 0 fully saturated rings. The first kappa shape index (κ1) is 11.8. The van der Waals surface area contributed by atoms with Crippen LogP contribution in [-0.2, 0) is 6.42 Å². The van der Waals surface area contributed by atoms with Gasteiger partial charge in [0.2, 0.25) is 0 Å². The molecule has 0 aromatic heterocycles. The van der Waals surface area contributed by atoms with Crippen molar-refractivity contribution in [2.24, 2.45) is 5.73 Å². The highest BCUT2D eigenvalue weighted by Crippen LogP contribution is 2.31. The summed E-state index contributed by atoms with van der Waals surface area (Å²) in [5, 5.41) is 3.17. The van der Waals surface area contributed by atoms with Gasteiger partial charge in [0.05, 0.1) is 19.2 Å². The molecule has 0 saturated carbocycles. The number of benzene rings is 1.